The van der Waals surface area contributed by atoms with Crippen LogP contribution in [0.5, 0.6) is 0 Å². The van der Waals surface area contributed by atoms with Crippen LogP contribution in [0, 0.1) is 11.8 Å². The third-order valence-corrected chi connectivity index (χ3v) is 4.14. The Bertz CT molecular complexity index is 744. The number of aliphatic imine (C=N–C) groups is 1. The molecule has 1 aliphatic heterocycles. The summed E-state index contributed by atoms with van der Waals surface area (Å²) in [5.41, 5.74) is 4.00. The van der Waals surface area contributed by atoms with Crippen molar-refractivity contribution in [2.75, 3.05) is 18.0 Å². The van der Waals surface area contributed by atoms with E-state index in [1.165, 1.54) is 5.56 Å². The van der Waals surface area contributed by atoms with Gasteiger partial charge >= 0.3 is 0 Å². The Balaban J connectivity index is 2.05. The first-order chi connectivity index (χ1) is 11.3. The number of hydrogen-bond donors (Lipinski definition) is 0. The molecule has 0 spiro atoms. The summed E-state index contributed by atoms with van der Waals surface area (Å²) in [6.45, 7) is 4.92. The van der Waals surface area contributed by atoms with E-state index in [-0.39, 0.29) is 5.92 Å². The number of nitroso groups, excluding NO2 is 1. The van der Waals surface area contributed by atoms with Crippen molar-refractivity contribution in [3.8, 4) is 0 Å². The molecule has 118 valence electrons. The first-order valence-corrected chi connectivity index (χ1v) is 7.72. The number of aryl methyl sites for hydroxylation is 1. The summed E-state index contributed by atoms with van der Waals surface area (Å²) in [7, 11) is 0. The van der Waals surface area contributed by atoms with Crippen LogP contribution in [0.4, 0.5) is 17.2 Å². The van der Waals surface area contributed by atoms with E-state index in [1.807, 2.05) is 26.0 Å². The molecular weight excluding hydrogens is 290 g/mol. The zero-order valence-corrected chi connectivity index (χ0v) is 13.3. The monoisotopic (exact) mass is 309 g/mol. The van der Waals surface area contributed by atoms with Crippen molar-refractivity contribution in [1.29, 1.82) is 0 Å². The van der Waals surface area contributed by atoms with Crippen molar-refractivity contribution >= 4 is 23.4 Å². The lowest BCUT2D eigenvalue weighted by atomic mass is 9.98. The lowest BCUT2D eigenvalue weighted by Crippen LogP contribution is -2.18. The van der Waals surface area contributed by atoms with Crippen LogP contribution in [0.3, 0.4) is 0 Å². The van der Waals surface area contributed by atoms with Crippen molar-refractivity contribution in [2.45, 2.75) is 26.2 Å². The standard InChI is InChI=1S/C17H19N5O/c1-3-18-16-12(2)19-11-20-17(16)22-10-13(8-9-21-23)14-6-4-5-7-15(14)22/h3-7,11,13H,8-10H2,1-2H3. The molecule has 0 radical (unpaired) electrons. The Labute approximate surface area is 135 Å². The zero-order valence-electron chi connectivity index (χ0n) is 13.3. The van der Waals surface area contributed by atoms with Crippen molar-refractivity contribution in [3.05, 3.63) is 46.8 Å². The molecule has 3 rings (SSSR count). The molecule has 1 aromatic carbocycles. The second-order valence-corrected chi connectivity index (χ2v) is 5.53. The number of hydrogen-bond acceptors (Lipinski definition) is 6. The molecule has 0 saturated heterocycles. The first kappa shape index (κ1) is 15.3. The normalized spacial score (nSPS) is 16.8. The molecule has 0 N–H and O–H groups in total. The molecule has 1 atom stereocenters. The average molecular weight is 309 g/mol. The van der Waals surface area contributed by atoms with E-state index in [0.29, 0.717) is 6.54 Å². The topological polar surface area (TPSA) is 70.8 Å². The largest absolute Gasteiger partial charge is 0.324 e. The highest BCUT2D eigenvalue weighted by atomic mass is 16.3. The quantitative estimate of drug-likeness (QED) is 0.620. The van der Waals surface area contributed by atoms with Crippen LogP contribution in [-0.2, 0) is 0 Å². The molecule has 2 aromatic rings. The van der Waals surface area contributed by atoms with E-state index in [4.69, 9.17) is 0 Å². The van der Waals surface area contributed by atoms with Crippen LogP contribution in [-0.4, -0.2) is 29.3 Å². The molecule has 2 heterocycles. The number of benzene rings is 1. The van der Waals surface area contributed by atoms with Gasteiger partial charge in [0.1, 0.15) is 12.0 Å². The van der Waals surface area contributed by atoms with Crippen molar-refractivity contribution < 1.29 is 0 Å². The van der Waals surface area contributed by atoms with Gasteiger partial charge in [-0.2, -0.15) is 4.91 Å². The van der Waals surface area contributed by atoms with Crippen molar-refractivity contribution in [3.63, 3.8) is 0 Å². The molecule has 6 nitrogen and oxygen atoms in total. The van der Waals surface area contributed by atoms with Crippen LogP contribution in [0.1, 0.15) is 30.5 Å². The zero-order chi connectivity index (χ0) is 16.2. The molecule has 0 amide bonds. The van der Waals surface area contributed by atoms with Gasteiger partial charge in [-0.05, 0) is 31.9 Å². The maximum atomic E-state index is 10.5. The minimum absolute atomic E-state index is 0.276. The number of para-hydroxylation sites is 1. The van der Waals surface area contributed by atoms with Gasteiger partial charge in [-0.3, -0.25) is 4.99 Å². The summed E-state index contributed by atoms with van der Waals surface area (Å²) in [6, 6.07) is 8.24. The Morgan fingerprint density at radius 1 is 1.35 bits per heavy atom. The average Bonchev–Trinajstić information content (AvgIpc) is 2.94. The molecule has 1 aromatic heterocycles. The molecule has 0 saturated carbocycles. The number of nitrogens with zero attached hydrogens (tertiary/aromatic N) is 5. The summed E-state index contributed by atoms with van der Waals surface area (Å²) >= 11 is 0. The van der Waals surface area contributed by atoms with Crippen LogP contribution in [0.15, 0.2) is 40.8 Å². The summed E-state index contributed by atoms with van der Waals surface area (Å²) in [6.07, 6.45) is 4.07. The molecule has 23 heavy (non-hydrogen) atoms. The van der Waals surface area contributed by atoms with E-state index in [2.05, 4.69) is 37.2 Å². The highest BCUT2D eigenvalue weighted by molar-refractivity contribution is 5.78. The summed E-state index contributed by atoms with van der Waals surface area (Å²) < 4.78 is 0. The van der Waals surface area contributed by atoms with E-state index in [0.717, 1.165) is 35.9 Å². The predicted octanol–water partition coefficient (Wildman–Crippen LogP) is 3.90. The van der Waals surface area contributed by atoms with Gasteiger partial charge in [-0.1, -0.05) is 23.4 Å². The van der Waals surface area contributed by atoms with Gasteiger partial charge < -0.3 is 4.90 Å². The van der Waals surface area contributed by atoms with Gasteiger partial charge in [-0.15, -0.1) is 0 Å². The third-order valence-electron chi connectivity index (χ3n) is 4.14. The Hall–Kier alpha value is -2.63. The summed E-state index contributed by atoms with van der Waals surface area (Å²) in [5, 5.41) is 3.01. The molecule has 6 heteroatoms. The molecular formula is C17H19N5O. The Morgan fingerprint density at radius 3 is 2.96 bits per heavy atom. The maximum Gasteiger partial charge on any atom is 0.162 e. The van der Waals surface area contributed by atoms with Gasteiger partial charge in [0.05, 0.1) is 12.2 Å². The fourth-order valence-electron chi connectivity index (χ4n) is 3.08. The van der Waals surface area contributed by atoms with Gasteiger partial charge in [-0.25, -0.2) is 9.97 Å². The second kappa shape index (κ2) is 6.64. The van der Waals surface area contributed by atoms with Crippen LogP contribution < -0.4 is 4.90 Å². The number of aromatic nitrogens is 2. The number of anilines is 2. The second-order valence-electron chi connectivity index (χ2n) is 5.53. The predicted molar refractivity (Wildman–Crippen MR) is 92.1 cm³/mol. The van der Waals surface area contributed by atoms with Gasteiger partial charge in [0.15, 0.2) is 5.82 Å². The van der Waals surface area contributed by atoms with Crippen LogP contribution in [0.25, 0.3) is 0 Å². The van der Waals surface area contributed by atoms with E-state index >= 15 is 0 Å². The highest BCUT2D eigenvalue weighted by Crippen LogP contribution is 2.44. The Kier molecular flexibility index (Phi) is 4.41. The number of fused-ring (bicyclic) bond motifs is 1. The molecule has 0 aliphatic carbocycles. The van der Waals surface area contributed by atoms with E-state index in [1.54, 1.807) is 12.5 Å². The van der Waals surface area contributed by atoms with E-state index in [9.17, 15) is 4.91 Å². The van der Waals surface area contributed by atoms with Gasteiger partial charge in [0.25, 0.3) is 0 Å². The van der Waals surface area contributed by atoms with Crippen molar-refractivity contribution in [1.82, 2.24) is 9.97 Å². The molecule has 0 bridgehead atoms. The molecule has 1 aliphatic rings. The lowest BCUT2D eigenvalue weighted by molar-refractivity contribution is 0.666. The highest BCUT2D eigenvalue weighted by Gasteiger charge is 2.31. The van der Waals surface area contributed by atoms with Crippen LogP contribution >= 0.6 is 0 Å². The molecule has 0 fully saturated rings. The summed E-state index contributed by atoms with van der Waals surface area (Å²) in [4.78, 5) is 25.8. The smallest absolute Gasteiger partial charge is 0.162 e. The Morgan fingerprint density at radius 2 is 2.17 bits per heavy atom. The van der Waals surface area contributed by atoms with Gasteiger partial charge in [0, 0.05) is 24.4 Å². The summed E-state index contributed by atoms with van der Waals surface area (Å²) in [5.74, 6) is 1.09. The fraction of sp³-hybridized carbons (Fsp3) is 0.353. The molecule has 1 unspecified atom stereocenters. The minimum atomic E-state index is 0.276. The van der Waals surface area contributed by atoms with E-state index < -0.39 is 0 Å². The fourth-order valence-corrected chi connectivity index (χ4v) is 3.08. The number of rotatable bonds is 5. The van der Waals surface area contributed by atoms with Crippen molar-refractivity contribution in [2.24, 2.45) is 10.2 Å². The first-order valence-electron chi connectivity index (χ1n) is 7.72. The SMILES string of the molecule is CC=Nc1c(C)ncnc1N1CC(CCN=O)c2ccccc21. The lowest BCUT2D eigenvalue weighted by Gasteiger charge is -2.21. The van der Waals surface area contributed by atoms with Crippen LogP contribution in [0.2, 0.25) is 0 Å². The third kappa shape index (κ3) is 2.84. The minimum Gasteiger partial charge on any atom is -0.324 e. The van der Waals surface area contributed by atoms with Gasteiger partial charge in [0.2, 0.25) is 0 Å². The maximum absolute atomic E-state index is 10.5.